The average molecular weight is 323 g/mol. The molecule has 2 aliphatic rings. The van der Waals surface area contributed by atoms with Crippen molar-refractivity contribution in [3.63, 3.8) is 0 Å². The van der Waals surface area contributed by atoms with Crippen LogP contribution in [0.25, 0.3) is 16.5 Å². The third-order valence-corrected chi connectivity index (χ3v) is 4.91. The highest BCUT2D eigenvalue weighted by Crippen LogP contribution is 2.29. The molecule has 0 spiro atoms. The first-order valence-electron chi connectivity index (χ1n) is 8.60. The summed E-state index contributed by atoms with van der Waals surface area (Å²) in [6.07, 6.45) is 7.13. The molecule has 1 N–H and O–H groups in total. The highest BCUT2D eigenvalue weighted by molar-refractivity contribution is 6.35. The van der Waals surface area contributed by atoms with Gasteiger partial charge < -0.3 is 9.47 Å². The number of aryl methyl sites for hydroxylation is 1. The Morgan fingerprint density at radius 1 is 1.04 bits per heavy atom. The Morgan fingerprint density at radius 3 is 2.58 bits per heavy atom. The van der Waals surface area contributed by atoms with Crippen LogP contribution in [-0.2, 0) is 16.1 Å². The number of carbonyl (C=O) groups is 2. The molecular weight excluding hydrogens is 302 g/mol. The van der Waals surface area contributed by atoms with Crippen LogP contribution in [0, 0.1) is 0 Å². The minimum atomic E-state index is -0.333. The maximum atomic E-state index is 12.0. The SMILES string of the molecule is O=C1C=C(c2cn(CCCN3CCCC3)c3ccccc23)C(=O)N1. The van der Waals surface area contributed by atoms with Gasteiger partial charge in [0.25, 0.3) is 11.8 Å². The molecule has 0 unspecified atom stereocenters. The Bertz CT molecular complexity index is 828. The third-order valence-electron chi connectivity index (χ3n) is 4.91. The van der Waals surface area contributed by atoms with Gasteiger partial charge in [-0.2, -0.15) is 0 Å². The number of hydrogen-bond acceptors (Lipinski definition) is 3. The fourth-order valence-electron chi connectivity index (χ4n) is 3.73. The molecule has 5 nitrogen and oxygen atoms in total. The molecule has 1 aromatic heterocycles. The van der Waals surface area contributed by atoms with E-state index in [4.69, 9.17) is 0 Å². The molecule has 0 saturated carbocycles. The van der Waals surface area contributed by atoms with E-state index in [1.165, 1.54) is 32.0 Å². The van der Waals surface area contributed by atoms with Crippen molar-refractivity contribution in [1.29, 1.82) is 0 Å². The number of nitrogens with zero attached hydrogens (tertiary/aromatic N) is 2. The number of benzene rings is 1. The predicted octanol–water partition coefficient (Wildman–Crippen LogP) is 2.17. The van der Waals surface area contributed by atoms with E-state index in [2.05, 4.69) is 20.9 Å². The van der Waals surface area contributed by atoms with E-state index in [-0.39, 0.29) is 11.8 Å². The Morgan fingerprint density at radius 2 is 1.83 bits per heavy atom. The number of imide groups is 1. The molecule has 2 amide bonds. The first kappa shape index (κ1) is 15.1. The van der Waals surface area contributed by atoms with Crippen molar-refractivity contribution in [3.05, 3.63) is 42.1 Å². The fraction of sp³-hybridized carbons (Fsp3) is 0.368. The first-order chi connectivity index (χ1) is 11.7. The van der Waals surface area contributed by atoms with Crippen molar-refractivity contribution in [2.45, 2.75) is 25.8 Å². The van der Waals surface area contributed by atoms with Crippen LogP contribution in [0.3, 0.4) is 0 Å². The van der Waals surface area contributed by atoms with Crippen LogP contribution < -0.4 is 5.32 Å². The number of rotatable bonds is 5. The molecule has 5 heteroatoms. The summed E-state index contributed by atoms with van der Waals surface area (Å²) in [7, 11) is 0. The van der Waals surface area contributed by atoms with E-state index >= 15 is 0 Å². The van der Waals surface area contributed by atoms with Crippen molar-refractivity contribution in [3.8, 4) is 0 Å². The molecule has 124 valence electrons. The van der Waals surface area contributed by atoms with Crippen LogP contribution in [0.2, 0.25) is 0 Å². The minimum absolute atomic E-state index is 0.306. The Hall–Kier alpha value is -2.40. The number of nitrogens with one attached hydrogen (secondary N) is 1. The van der Waals surface area contributed by atoms with Crippen molar-refractivity contribution in [1.82, 2.24) is 14.8 Å². The van der Waals surface area contributed by atoms with E-state index in [0.717, 1.165) is 36.0 Å². The zero-order valence-electron chi connectivity index (χ0n) is 13.6. The van der Waals surface area contributed by atoms with Gasteiger partial charge >= 0.3 is 0 Å². The normalized spacial score (nSPS) is 18.4. The van der Waals surface area contributed by atoms with Gasteiger partial charge in [0.05, 0.1) is 5.57 Å². The van der Waals surface area contributed by atoms with Gasteiger partial charge in [0, 0.05) is 35.3 Å². The van der Waals surface area contributed by atoms with Gasteiger partial charge in [-0.3, -0.25) is 14.9 Å². The predicted molar refractivity (Wildman–Crippen MR) is 93.4 cm³/mol. The molecular formula is C19H21N3O2. The van der Waals surface area contributed by atoms with Gasteiger partial charge in [0.15, 0.2) is 0 Å². The molecule has 3 heterocycles. The summed E-state index contributed by atoms with van der Waals surface area (Å²) in [6, 6.07) is 8.06. The van der Waals surface area contributed by atoms with Crippen LogP contribution >= 0.6 is 0 Å². The molecule has 1 aromatic carbocycles. The Balaban J connectivity index is 1.60. The Kier molecular flexibility index (Phi) is 3.94. The average Bonchev–Trinajstić information content (AvgIpc) is 3.28. The van der Waals surface area contributed by atoms with E-state index in [1.54, 1.807) is 0 Å². The van der Waals surface area contributed by atoms with Crippen molar-refractivity contribution in [2.24, 2.45) is 0 Å². The zero-order valence-corrected chi connectivity index (χ0v) is 13.6. The second-order valence-electron chi connectivity index (χ2n) is 6.53. The highest BCUT2D eigenvalue weighted by atomic mass is 16.2. The number of amides is 2. The van der Waals surface area contributed by atoms with Gasteiger partial charge in [-0.1, -0.05) is 18.2 Å². The smallest absolute Gasteiger partial charge is 0.258 e. The largest absolute Gasteiger partial charge is 0.347 e. The molecule has 4 rings (SSSR count). The highest BCUT2D eigenvalue weighted by Gasteiger charge is 2.25. The summed E-state index contributed by atoms with van der Waals surface area (Å²) in [4.78, 5) is 26.0. The molecule has 0 aliphatic carbocycles. The summed E-state index contributed by atoms with van der Waals surface area (Å²) in [5, 5.41) is 3.36. The summed E-state index contributed by atoms with van der Waals surface area (Å²) in [6.45, 7) is 4.46. The molecule has 2 aromatic rings. The van der Waals surface area contributed by atoms with Crippen LogP contribution in [0.5, 0.6) is 0 Å². The topological polar surface area (TPSA) is 54.3 Å². The quantitative estimate of drug-likeness (QED) is 0.858. The number of aromatic nitrogens is 1. The van der Waals surface area contributed by atoms with E-state index < -0.39 is 0 Å². The standard InChI is InChI=1S/C19H21N3O2/c23-18-12-15(19(24)20-18)16-13-22(17-7-2-1-6-14(16)17)11-5-10-21-8-3-4-9-21/h1-2,6-7,12-13H,3-5,8-11H2,(H,20,23,24). The number of para-hydroxylation sites is 1. The molecule has 1 saturated heterocycles. The molecule has 24 heavy (non-hydrogen) atoms. The van der Waals surface area contributed by atoms with E-state index in [0.29, 0.717) is 5.57 Å². The number of hydrogen-bond donors (Lipinski definition) is 1. The summed E-state index contributed by atoms with van der Waals surface area (Å²) in [5.74, 6) is -0.638. The lowest BCUT2D eigenvalue weighted by Gasteiger charge is -2.14. The van der Waals surface area contributed by atoms with E-state index in [9.17, 15) is 9.59 Å². The van der Waals surface area contributed by atoms with Crippen LogP contribution in [0.15, 0.2) is 36.5 Å². The maximum Gasteiger partial charge on any atom is 0.258 e. The maximum absolute atomic E-state index is 12.0. The van der Waals surface area contributed by atoms with Crippen LogP contribution in [0.4, 0.5) is 0 Å². The van der Waals surface area contributed by atoms with Crippen molar-refractivity contribution >= 4 is 28.3 Å². The van der Waals surface area contributed by atoms with Crippen molar-refractivity contribution < 1.29 is 9.59 Å². The summed E-state index contributed by atoms with van der Waals surface area (Å²) >= 11 is 0. The third kappa shape index (κ3) is 2.76. The lowest BCUT2D eigenvalue weighted by molar-refractivity contribution is -0.123. The number of likely N-dealkylation sites (tertiary alicyclic amines) is 1. The van der Waals surface area contributed by atoms with E-state index in [1.807, 2.05) is 24.4 Å². The van der Waals surface area contributed by atoms with Crippen molar-refractivity contribution in [2.75, 3.05) is 19.6 Å². The first-order valence-corrected chi connectivity index (χ1v) is 8.60. The zero-order chi connectivity index (χ0) is 16.5. The molecule has 0 atom stereocenters. The summed E-state index contributed by atoms with van der Waals surface area (Å²) in [5.41, 5.74) is 2.42. The summed E-state index contributed by atoms with van der Waals surface area (Å²) < 4.78 is 2.21. The molecule has 0 bridgehead atoms. The van der Waals surface area contributed by atoms with Gasteiger partial charge in [-0.15, -0.1) is 0 Å². The number of fused-ring (bicyclic) bond motifs is 1. The second kappa shape index (κ2) is 6.24. The molecule has 1 fully saturated rings. The van der Waals surface area contributed by atoms with Gasteiger partial charge in [-0.25, -0.2) is 0 Å². The lowest BCUT2D eigenvalue weighted by Crippen LogP contribution is -2.21. The second-order valence-corrected chi connectivity index (χ2v) is 6.53. The Labute approximate surface area is 140 Å². The van der Waals surface area contributed by atoms with Crippen LogP contribution in [-0.4, -0.2) is 40.9 Å². The van der Waals surface area contributed by atoms with Crippen LogP contribution in [0.1, 0.15) is 24.8 Å². The fourth-order valence-corrected chi connectivity index (χ4v) is 3.73. The molecule has 0 radical (unpaired) electrons. The minimum Gasteiger partial charge on any atom is -0.347 e. The van der Waals surface area contributed by atoms with Gasteiger partial charge in [0.1, 0.15) is 0 Å². The van der Waals surface area contributed by atoms with Gasteiger partial charge in [-0.05, 0) is 45.0 Å². The lowest BCUT2D eigenvalue weighted by atomic mass is 10.1. The van der Waals surface area contributed by atoms with Gasteiger partial charge in [0.2, 0.25) is 0 Å². The molecule has 2 aliphatic heterocycles. The number of carbonyl (C=O) groups excluding carboxylic acids is 2. The monoisotopic (exact) mass is 323 g/mol.